The number of para-hydroxylation sites is 2. The van der Waals surface area contributed by atoms with Gasteiger partial charge in [-0.25, -0.2) is 0 Å². The topological polar surface area (TPSA) is 76.3 Å². The minimum absolute atomic E-state index is 0.140. The second-order valence-corrected chi connectivity index (χ2v) is 7.20. The van der Waals surface area contributed by atoms with Gasteiger partial charge in [0.1, 0.15) is 6.54 Å². The predicted molar refractivity (Wildman–Crippen MR) is 106 cm³/mol. The SMILES string of the molecule is Cn1c(=O)c(=O)n(CC(=O)NCCCN2CCCCCC2)c2ccccc21. The van der Waals surface area contributed by atoms with Gasteiger partial charge in [-0.05, 0) is 51.0 Å². The smallest absolute Gasteiger partial charge is 0.317 e. The van der Waals surface area contributed by atoms with Crippen LogP contribution in [0, 0.1) is 0 Å². The normalized spacial score (nSPS) is 15.6. The Balaban J connectivity index is 1.60. The predicted octanol–water partition coefficient (Wildman–Crippen LogP) is 1.08. The Labute approximate surface area is 158 Å². The summed E-state index contributed by atoms with van der Waals surface area (Å²) in [6, 6.07) is 7.12. The van der Waals surface area contributed by atoms with Crippen LogP contribution in [0.4, 0.5) is 0 Å². The van der Waals surface area contributed by atoms with E-state index in [1.165, 1.54) is 34.8 Å². The third kappa shape index (κ3) is 4.66. The van der Waals surface area contributed by atoms with Crippen molar-refractivity contribution in [3.63, 3.8) is 0 Å². The van der Waals surface area contributed by atoms with Gasteiger partial charge in [-0.3, -0.25) is 19.0 Å². The molecule has 0 atom stereocenters. The number of benzene rings is 1. The van der Waals surface area contributed by atoms with Crippen LogP contribution in [0.2, 0.25) is 0 Å². The Bertz CT molecular complexity index is 908. The molecular weight excluding hydrogens is 344 g/mol. The highest BCUT2D eigenvalue weighted by Gasteiger charge is 2.13. The number of nitrogens with one attached hydrogen (secondary N) is 1. The summed E-state index contributed by atoms with van der Waals surface area (Å²) in [7, 11) is 1.57. The summed E-state index contributed by atoms with van der Waals surface area (Å²) in [5.41, 5.74) is -0.0704. The summed E-state index contributed by atoms with van der Waals surface area (Å²) in [5.74, 6) is -0.244. The molecule has 1 aliphatic rings. The zero-order chi connectivity index (χ0) is 19.2. The van der Waals surface area contributed by atoms with E-state index in [4.69, 9.17) is 0 Å². The molecule has 1 N–H and O–H groups in total. The van der Waals surface area contributed by atoms with Gasteiger partial charge in [0.2, 0.25) is 5.91 Å². The van der Waals surface area contributed by atoms with Gasteiger partial charge >= 0.3 is 11.1 Å². The van der Waals surface area contributed by atoms with Gasteiger partial charge in [0.15, 0.2) is 0 Å². The largest absolute Gasteiger partial charge is 0.355 e. The molecule has 0 radical (unpaired) electrons. The number of hydrogen-bond donors (Lipinski definition) is 1. The lowest BCUT2D eigenvalue weighted by Gasteiger charge is -2.19. The molecule has 1 amide bonds. The minimum Gasteiger partial charge on any atom is -0.355 e. The fourth-order valence-electron chi connectivity index (χ4n) is 3.70. The van der Waals surface area contributed by atoms with Gasteiger partial charge in [-0.2, -0.15) is 0 Å². The maximum Gasteiger partial charge on any atom is 0.317 e. The third-order valence-electron chi connectivity index (χ3n) is 5.24. The van der Waals surface area contributed by atoms with Crippen molar-refractivity contribution in [1.82, 2.24) is 19.4 Å². The molecule has 3 rings (SSSR count). The van der Waals surface area contributed by atoms with Crippen LogP contribution in [0.25, 0.3) is 11.0 Å². The molecule has 0 saturated carbocycles. The Morgan fingerprint density at radius 1 is 1.00 bits per heavy atom. The summed E-state index contributed by atoms with van der Waals surface area (Å²) in [6.45, 7) is 3.70. The first kappa shape index (κ1) is 19.4. The molecule has 7 heteroatoms. The van der Waals surface area contributed by atoms with Crippen LogP contribution < -0.4 is 16.4 Å². The van der Waals surface area contributed by atoms with Gasteiger partial charge in [0, 0.05) is 13.6 Å². The zero-order valence-electron chi connectivity index (χ0n) is 15.9. The van der Waals surface area contributed by atoms with Crippen molar-refractivity contribution in [2.75, 3.05) is 26.2 Å². The van der Waals surface area contributed by atoms with Crippen LogP contribution in [-0.2, 0) is 18.4 Å². The fourth-order valence-corrected chi connectivity index (χ4v) is 3.70. The number of aromatic nitrogens is 2. The molecule has 2 aromatic rings. The summed E-state index contributed by atoms with van der Waals surface area (Å²) in [4.78, 5) is 39.3. The Kier molecular flexibility index (Phi) is 6.45. The van der Waals surface area contributed by atoms with Crippen molar-refractivity contribution >= 4 is 16.9 Å². The van der Waals surface area contributed by atoms with E-state index >= 15 is 0 Å². The maximum absolute atomic E-state index is 12.4. The molecule has 146 valence electrons. The van der Waals surface area contributed by atoms with E-state index < -0.39 is 11.1 Å². The van der Waals surface area contributed by atoms with Gasteiger partial charge in [0.25, 0.3) is 0 Å². The minimum atomic E-state index is -0.670. The van der Waals surface area contributed by atoms with Gasteiger partial charge in [-0.1, -0.05) is 25.0 Å². The number of likely N-dealkylation sites (tertiary alicyclic amines) is 1. The lowest BCUT2D eigenvalue weighted by atomic mass is 10.2. The Morgan fingerprint density at radius 2 is 1.67 bits per heavy atom. The van der Waals surface area contributed by atoms with E-state index in [0.29, 0.717) is 17.6 Å². The second kappa shape index (κ2) is 8.99. The van der Waals surface area contributed by atoms with E-state index in [9.17, 15) is 14.4 Å². The molecule has 0 bridgehead atoms. The van der Waals surface area contributed by atoms with E-state index in [1.807, 2.05) is 0 Å². The van der Waals surface area contributed by atoms with Crippen molar-refractivity contribution in [2.45, 2.75) is 38.6 Å². The summed E-state index contributed by atoms with van der Waals surface area (Å²) >= 11 is 0. The Morgan fingerprint density at radius 3 is 2.37 bits per heavy atom. The molecule has 0 aliphatic carbocycles. The first-order valence-electron chi connectivity index (χ1n) is 9.75. The number of fused-ring (bicyclic) bond motifs is 1. The number of hydrogen-bond acceptors (Lipinski definition) is 4. The zero-order valence-corrected chi connectivity index (χ0v) is 15.9. The van der Waals surface area contributed by atoms with Crippen molar-refractivity contribution in [3.8, 4) is 0 Å². The molecular formula is C20H28N4O3. The average Bonchev–Trinajstić information content (AvgIpc) is 2.96. The summed E-state index contributed by atoms with van der Waals surface area (Å²) in [5, 5.41) is 2.88. The number of aryl methyl sites for hydroxylation is 1. The molecule has 1 fully saturated rings. The highest BCUT2D eigenvalue weighted by atomic mass is 16.2. The van der Waals surface area contributed by atoms with Gasteiger partial charge in [-0.15, -0.1) is 0 Å². The number of amides is 1. The molecule has 0 spiro atoms. The Hall–Kier alpha value is -2.41. The molecule has 7 nitrogen and oxygen atoms in total. The molecule has 1 aromatic heterocycles. The first-order valence-corrected chi connectivity index (χ1v) is 9.75. The van der Waals surface area contributed by atoms with Crippen LogP contribution in [0.1, 0.15) is 32.1 Å². The van der Waals surface area contributed by atoms with E-state index in [0.717, 1.165) is 26.1 Å². The van der Waals surface area contributed by atoms with Crippen LogP contribution in [0.5, 0.6) is 0 Å². The molecule has 27 heavy (non-hydrogen) atoms. The van der Waals surface area contributed by atoms with Crippen molar-refractivity contribution in [1.29, 1.82) is 0 Å². The lowest BCUT2D eigenvalue weighted by Crippen LogP contribution is -2.43. The maximum atomic E-state index is 12.4. The van der Waals surface area contributed by atoms with Gasteiger partial charge in [0.05, 0.1) is 11.0 Å². The highest BCUT2D eigenvalue weighted by molar-refractivity contribution is 5.80. The van der Waals surface area contributed by atoms with E-state index in [-0.39, 0.29) is 12.5 Å². The number of rotatable bonds is 6. The molecule has 1 saturated heterocycles. The number of carbonyl (C=O) groups is 1. The monoisotopic (exact) mass is 372 g/mol. The van der Waals surface area contributed by atoms with Crippen LogP contribution in [0.3, 0.4) is 0 Å². The molecule has 2 heterocycles. The van der Waals surface area contributed by atoms with Crippen molar-refractivity contribution < 1.29 is 4.79 Å². The average molecular weight is 372 g/mol. The number of nitrogens with zero attached hydrogens (tertiary/aromatic N) is 3. The van der Waals surface area contributed by atoms with E-state index in [2.05, 4.69) is 10.2 Å². The highest BCUT2D eigenvalue weighted by Crippen LogP contribution is 2.10. The summed E-state index contributed by atoms with van der Waals surface area (Å²) in [6.07, 6.45) is 6.02. The molecule has 1 aliphatic heterocycles. The second-order valence-electron chi connectivity index (χ2n) is 7.20. The van der Waals surface area contributed by atoms with E-state index in [1.54, 1.807) is 31.3 Å². The number of carbonyl (C=O) groups excluding carboxylic acids is 1. The fraction of sp³-hybridized carbons (Fsp3) is 0.550. The molecule has 0 unspecified atom stereocenters. The molecule has 1 aromatic carbocycles. The van der Waals surface area contributed by atoms with Crippen molar-refractivity contribution in [3.05, 3.63) is 45.0 Å². The van der Waals surface area contributed by atoms with Crippen LogP contribution in [0.15, 0.2) is 33.9 Å². The standard InChI is InChI=1S/C20H28N4O3/c1-22-16-9-4-5-10-17(16)24(20(27)19(22)26)15-18(25)21-11-8-14-23-12-6-2-3-7-13-23/h4-5,9-10H,2-3,6-8,11-15H2,1H3,(H,21,25). The quantitative estimate of drug-likeness (QED) is 0.608. The summed E-state index contributed by atoms with van der Waals surface area (Å²) < 4.78 is 2.59. The van der Waals surface area contributed by atoms with Crippen molar-refractivity contribution in [2.24, 2.45) is 7.05 Å². The van der Waals surface area contributed by atoms with Crippen LogP contribution >= 0.6 is 0 Å². The lowest BCUT2D eigenvalue weighted by molar-refractivity contribution is -0.121. The third-order valence-corrected chi connectivity index (χ3v) is 5.24. The first-order chi connectivity index (χ1) is 13.1. The van der Waals surface area contributed by atoms with Gasteiger partial charge < -0.3 is 14.8 Å². The van der Waals surface area contributed by atoms with Crippen LogP contribution in [-0.4, -0.2) is 46.1 Å².